The molecule has 0 N–H and O–H groups in total. The summed E-state index contributed by atoms with van der Waals surface area (Å²) in [5, 5.41) is 2.15. The number of rotatable bonds is 5. The standard InChI is InChI=1S/C21H26O3/c1-6-7-8-9-10-16-13(3)18-11-17-12(2)15(5)23-19(17)14(4)20(18)24-21(16)22/h11H,6-10H2,1-5H3. The molecule has 2 heterocycles. The van der Waals surface area contributed by atoms with Crippen molar-refractivity contribution in [3.8, 4) is 0 Å². The average molecular weight is 326 g/mol. The normalized spacial score (nSPS) is 11.7. The van der Waals surface area contributed by atoms with E-state index in [0.717, 1.165) is 63.6 Å². The predicted molar refractivity (Wildman–Crippen MR) is 99.1 cm³/mol. The quantitative estimate of drug-likeness (QED) is 0.433. The van der Waals surface area contributed by atoms with Crippen LogP contribution in [0.25, 0.3) is 21.9 Å². The molecule has 3 heteroatoms. The molecule has 0 atom stereocenters. The maximum Gasteiger partial charge on any atom is 0.339 e. The van der Waals surface area contributed by atoms with Gasteiger partial charge in [0.15, 0.2) is 0 Å². The number of hydrogen-bond donors (Lipinski definition) is 0. The summed E-state index contributed by atoms with van der Waals surface area (Å²) >= 11 is 0. The summed E-state index contributed by atoms with van der Waals surface area (Å²) < 4.78 is 11.6. The fourth-order valence-electron chi connectivity index (χ4n) is 3.51. The third-order valence-electron chi connectivity index (χ3n) is 5.22. The van der Waals surface area contributed by atoms with Crippen molar-refractivity contribution in [2.45, 2.75) is 66.7 Å². The Hall–Kier alpha value is -2.03. The fourth-order valence-corrected chi connectivity index (χ4v) is 3.51. The summed E-state index contributed by atoms with van der Waals surface area (Å²) in [6, 6.07) is 2.12. The predicted octanol–water partition coefficient (Wildman–Crippen LogP) is 5.90. The van der Waals surface area contributed by atoms with E-state index in [0.29, 0.717) is 5.58 Å². The summed E-state index contributed by atoms with van der Waals surface area (Å²) in [6.45, 7) is 10.3. The van der Waals surface area contributed by atoms with Gasteiger partial charge in [0.05, 0.1) is 0 Å². The highest BCUT2D eigenvalue weighted by molar-refractivity contribution is 6.00. The summed E-state index contributed by atoms with van der Waals surface area (Å²) in [4.78, 5) is 12.5. The number of hydrogen-bond acceptors (Lipinski definition) is 3. The van der Waals surface area contributed by atoms with Crippen molar-refractivity contribution < 1.29 is 8.83 Å². The van der Waals surface area contributed by atoms with E-state index >= 15 is 0 Å². The number of fused-ring (bicyclic) bond motifs is 2. The Morgan fingerprint density at radius 1 is 0.833 bits per heavy atom. The second-order valence-corrected chi connectivity index (χ2v) is 6.84. The van der Waals surface area contributed by atoms with Crippen molar-refractivity contribution in [2.24, 2.45) is 0 Å². The summed E-state index contributed by atoms with van der Waals surface area (Å²) in [5.74, 6) is 0.920. The lowest BCUT2D eigenvalue weighted by molar-refractivity contribution is 0.537. The minimum Gasteiger partial charge on any atom is -0.461 e. The first-order chi connectivity index (χ1) is 11.5. The number of benzene rings is 1. The molecule has 0 fully saturated rings. The SMILES string of the molecule is CCCCCCc1c(C)c2cc3c(C)c(C)oc3c(C)c2oc1=O. The molecule has 0 unspecified atom stereocenters. The maximum absolute atomic E-state index is 12.5. The van der Waals surface area contributed by atoms with Gasteiger partial charge in [0, 0.05) is 21.9 Å². The lowest BCUT2D eigenvalue weighted by Crippen LogP contribution is -2.10. The van der Waals surface area contributed by atoms with Crippen molar-refractivity contribution in [3.63, 3.8) is 0 Å². The molecule has 0 spiro atoms. The molecule has 3 rings (SSSR count). The molecule has 1 aromatic carbocycles. The van der Waals surface area contributed by atoms with Crippen molar-refractivity contribution in [1.82, 2.24) is 0 Å². The van der Waals surface area contributed by atoms with Crippen molar-refractivity contribution in [1.29, 1.82) is 0 Å². The second-order valence-electron chi connectivity index (χ2n) is 6.84. The second kappa shape index (κ2) is 6.46. The smallest absolute Gasteiger partial charge is 0.339 e. The van der Waals surface area contributed by atoms with Crippen LogP contribution in [0.1, 0.15) is 60.6 Å². The van der Waals surface area contributed by atoms with Crippen molar-refractivity contribution >= 4 is 21.9 Å². The number of aryl methyl sites for hydroxylation is 4. The Morgan fingerprint density at radius 2 is 1.50 bits per heavy atom. The van der Waals surface area contributed by atoms with Crippen LogP contribution in [0.5, 0.6) is 0 Å². The molecular formula is C21H26O3. The van der Waals surface area contributed by atoms with E-state index in [1.807, 2.05) is 20.8 Å². The first-order valence-corrected chi connectivity index (χ1v) is 8.91. The monoisotopic (exact) mass is 326 g/mol. The molecule has 0 aliphatic rings. The van der Waals surface area contributed by atoms with Crippen LogP contribution in [0.15, 0.2) is 19.7 Å². The lowest BCUT2D eigenvalue weighted by Gasteiger charge is -2.10. The molecule has 3 aromatic rings. The highest BCUT2D eigenvalue weighted by atomic mass is 16.4. The van der Waals surface area contributed by atoms with Gasteiger partial charge in [-0.15, -0.1) is 0 Å². The molecule has 3 nitrogen and oxygen atoms in total. The minimum absolute atomic E-state index is 0.195. The molecule has 0 bridgehead atoms. The van der Waals surface area contributed by atoms with Gasteiger partial charge in [-0.2, -0.15) is 0 Å². The number of furan rings is 1. The van der Waals surface area contributed by atoms with E-state index < -0.39 is 0 Å². The zero-order valence-corrected chi connectivity index (χ0v) is 15.3. The summed E-state index contributed by atoms with van der Waals surface area (Å²) in [5.41, 5.74) is 5.25. The van der Waals surface area contributed by atoms with Gasteiger partial charge in [0.2, 0.25) is 0 Å². The van der Waals surface area contributed by atoms with Crippen LogP contribution in [0.2, 0.25) is 0 Å². The van der Waals surface area contributed by atoms with E-state index in [2.05, 4.69) is 19.9 Å². The molecule has 0 radical (unpaired) electrons. The molecular weight excluding hydrogens is 300 g/mol. The van der Waals surface area contributed by atoms with Crippen LogP contribution in [-0.2, 0) is 6.42 Å². The van der Waals surface area contributed by atoms with Crippen LogP contribution < -0.4 is 5.63 Å². The Labute approximate surface area is 142 Å². The van der Waals surface area contributed by atoms with Crippen LogP contribution in [0.4, 0.5) is 0 Å². The molecule has 0 amide bonds. The van der Waals surface area contributed by atoms with Gasteiger partial charge in [-0.25, -0.2) is 4.79 Å². The molecule has 24 heavy (non-hydrogen) atoms. The third kappa shape index (κ3) is 2.66. The van der Waals surface area contributed by atoms with Gasteiger partial charge in [-0.05, 0) is 57.7 Å². The fraction of sp³-hybridized carbons (Fsp3) is 0.476. The summed E-state index contributed by atoms with van der Waals surface area (Å²) in [6.07, 6.45) is 5.40. The van der Waals surface area contributed by atoms with E-state index in [1.54, 1.807) is 0 Å². The minimum atomic E-state index is -0.195. The average Bonchev–Trinajstić information content (AvgIpc) is 2.84. The van der Waals surface area contributed by atoms with Crippen LogP contribution in [-0.4, -0.2) is 0 Å². The Balaban J connectivity index is 2.18. The Morgan fingerprint density at radius 3 is 2.21 bits per heavy atom. The van der Waals surface area contributed by atoms with E-state index in [1.165, 1.54) is 12.8 Å². The highest BCUT2D eigenvalue weighted by Crippen LogP contribution is 2.34. The highest BCUT2D eigenvalue weighted by Gasteiger charge is 2.18. The third-order valence-corrected chi connectivity index (χ3v) is 5.22. The van der Waals surface area contributed by atoms with E-state index in [-0.39, 0.29) is 5.63 Å². The van der Waals surface area contributed by atoms with Gasteiger partial charge >= 0.3 is 5.63 Å². The van der Waals surface area contributed by atoms with Gasteiger partial charge in [0.1, 0.15) is 16.9 Å². The zero-order chi connectivity index (χ0) is 17.4. The molecule has 0 saturated heterocycles. The largest absolute Gasteiger partial charge is 0.461 e. The molecule has 0 saturated carbocycles. The van der Waals surface area contributed by atoms with Crippen LogP contribution >= 0.6 is 0 Å². The summed E-state index contributed by atoms with van der Waals surface area (Å²) in [7, 11) is 0. The van der Waals surface area contributed by atoms with Crippen LogP contribution in [0, 0.1) is 27.7 Å². The molecule has 128 valence electrons. The maximum atomic E-state index is 12.5. The molecule has 0 aliphatic heterocycles. The van der Waals surface area contributed by atoms with Gasteiger partial charge < -0.3 is 8.83 Å². The lowest BCUT2D eigenvalue weighted by atomic mass is 9.97. The first-order valence-electron chi connectivity index (χ1n) is 8.91. The van der Waals surface area contributed by atoms with Crippen LogP contribution in [0.3, 0.4) is 0 Å². The molecule has 0 aliphatic carbocycles. The van der Waals surface area contributed by atoms with E-state index in [9.17, 15) is 4.79 Å². The first kappa shape index (κ1) is 16.8. The zero-order valence-electron chi connectivity index (χ0n) is 15.3. The van der Waals surface area contributed by atoms with Gasteiger partial charge in [0.25, 0.3) is 0 Å². The Bertz CT molecular complexity index is 957. The van der Waals surface area contributed by atoms with Crippen molar-refractivity contribution in [3.05, 3.63) is 44.5 Å². The van der Waals surface area contributed by atoms with Gasteiger partial charge in [-0.1, -0.05) is 26.2 Å². The van der Waals surface area contributed by atoms with Crippen molar-refractivity contribution in [2.75, 3.05) is 0 Å². The number of unbranched alkanes of at least 4 members (excludes halogenated alkanes) is 3. The molecule has 2 aromatic heterocycles. The van der Waals surface area contributed by atoms with Gasteiger partial charge in [-0.3, -0.25) is 0 Å². The van der Waals surface area contributed by atoms with E-state index in [4.69, 9.17) is 8.83 Å². The topological polar surface area (TPSA) is 43.4 Å². The Kier molecular flexibility index (Phi) is 4.53.